The second kappa shape index (κ2) is 16.3. The fourth-order valence-electron chi connectivity index (χ4n) is 9.19. The third-order valence-corrected chi connectivity index (χ3v) is 12.5. The van der Waals surface area contributed by atoms with Crippen LogP contribution in [0.4, 0.5) is 11.5 Å². The number of hydrogen-bond donors (Lipinski definition) is 3. The molecule has 3 saturated heterocycles. The summed E-state index contributed by atoms with van der Waals surface area (Å²) in [6.45, 7) is 14.8. The van der Waals surface area contributed by atoms with Gasteiger partial charge >= 0.3 is 0 Å². The van der Waals surface area contributed by atoms with E-state index in [9.17, 15) is 24.4 Å². The molecule has 1 atom stereocenters. The molecule has 1 aromatic carbocycles. The number of nitriles is 1. The van der Waals surface area contributed by atoms with Gasteiger partial charge in [0, 0.05) is 81.4 Å². The molecule has 4 aliphatic rings. The molecule has 0 spiro atoms. The number of ether oxygens (including phenoxy) is 1. The van der Waals surface area contributed by atoms with Crippen molar-refractivity contribution in [3.63, 3.8) is 0 Å². The smallest absolute Gasteiger partial charge is 0.270 e. The highest BCUT2D eigenvalue weighted by atomic mass is 35.5. The Morgan fingerprint density at radius 2 is 1.63 bits per heavy atom. The molecule has 4 fully saturated rings. The third-order valence-electron chi connectivity index (χ3n) is 12.2. The Kier molecular flexibility index (Phi) is 11.4. The number of carbonyl (C=O) groups excluding carboxylic acids is 4. The number of benzene rings is 1. The van der Waals surface area contributed by atoms with Gasteiger partial charge in [-0.05, 0) is 61.6 Å². The summed E-state index contributed by atoms with van der Waals surface area (Å²) in [6, 6.07) is 13.6. The molecule has 15 heteroatoms. The highest BCUT2D eigenvalue weighted by Gasteiger charge is 2.64. The Morgan fingerprint density at radius 3 is 2.25 bits per heavy atom. The van der Waals surface area contributed by atoms with Gasteiger partial charge in [0.1, 0.15) is 35.5 Å². The van der Waals surface area contributed by atoms with E-state index < -0.39 is 17.9 Å². The number of carbonyl (C=O) groups is 4. The number of rotatable bonds is 10. The van der Waals surface area contributed by atoms with Gasteiger partial charge in [0.15, 0.2) is 0 Å². The van der Waals surface area contributed by atoms with E-state index in [4.69, 9.17) is 21.3 Å². The minimum atomic E-state index is -0.736. The van der Waals surface area contributed by atoms with Crippen molar-refractivity contribution < 1.29 is 23.9 Å². The van der Waals surface area contributed by atoms with Crippen molar-refractivity contribution in [2.45, 2.75) is 71.6 Å². The summed E-state index contributed by atoms with van der Waals surface area (Å²) in [6.07, 6.45) is 5.80. The molecule has 1 saturated carbocycles. The average Bonchev–Trinajstić information content (AvgIpc) is 3.20. The molecular formula is C42H50ClN9O5. The van der Waals surface area contributed by atoms with Crippen molar-refractivity contribution in [3.8, 4) is 11.8 Å². The van der Waals surface area contributed by atoms with Crippen LogP contribution in [-0.4, -0.2) is 102 Å². The van der Waals surface area contributed by atoms with Gasteiger partial charge in [-0.1, -0.05) is 39.3 Å². The van der Waals surface area contributed by atoms with Gasteiger partial charge in [-0.3, -0.25) is 29.4 Å². The first kappa shape index (κ1) is 40.0. The first-order valence-electron chi connectivity index (χ1n) is 19.7. The topological polar surface area (TPSA) is 173 Å². The van der Waals surface area contributed by atoms with Gasteiger partial charge in [0.2, 0.25) is 11.8 Å². The van der Waals surface area contributed by atoms with Crippen molar-refractivity contribution in [2.24, 2.45) is 16.7 Å². The molecule has 0 bridgehead atoms. The number of piperazine rings is 1. The Hall–Kier alpha value is -5.26. The molecule has 3 aromatic rings. The molecule has 0 radical (unpaired) electrons. The van der Waals surface area contributed by atoms with Gasteiger partial charge in [-0.2, -0.15) is 5.26 Å². The Bertz CT molecular complexity index is 2020. The van der Waals surface area contributed by atoms with Gasteiger partial charge < -0.3 is 25.2 Å². The Balaban J connectivity index is 0.832. The van der Waals surface area contributed by atoms with E-state index in [0.717, 1.165) is 70.2 Å². The predicted molar refractivity (Wildman–Crippen MR) is 215 cm³/mol. The lowest BCUT2D eigenvalue weighted by molar-refractivity contribution is -0.164. The van der Waals surface area contributed by atoms with Crippen molar-refractivity contribution in [1.82, 2.24) is 30.8 Å². The second-order valence-corrected chi connectivity index (χ2v) is 17.2. The molecule has 2 aromatic heterocycles. The van der Waals surface area contributed by atoms with Crippen LogP contribution in [0.5, 0.6) is 5.75 Å². The van der Waals surface area contributed by atoms with Gasteiger partial charge in [-0.15, -0.1) is 0 Å². The first-order chi connectivity index (χ1) is 27.2. The molecule has 57 heavy (non-hydrogen) atoms. The van der Waals surface area contributed by atoms with E-state index in [0.29, 0.717) is 27.8 Å². The molecule has 7 rings (SSSR count). The molecule has 3 aliphatic heterocycles. The maximum atomic E-state index is 13.4. The van der Waals surface area contributed by atoms with E-state index >= 15 is 0 Å². The molecule has 3 N–H and O–H groups in total. The number of nitrogens with one attached hydrogen (secondary N) is 3. The van der Waals surface area contributed by atoms with E-state index in [2.05, 4.69) is 69.4 Å². The van der Waals surface area contributed by atoms with Crippen molar-refractivity contribution >= 4 is 46.7 Å². The highest BCUT2D eigenvalue weighted by molar-refractivity contribution is 6.31. The molecule has 5 heterocycles. The second-order valence-electron chi connectivity index (χ2n) is 16.8. The quantitative estimate of drug-likeness (QED) is 0.251. The summed E-state index contributed by atoms with van der Waals surface area (Å²) in [5.74, 6) is 0.657. The van der Waals surface area contributed by atoms with Crippen molar-refractivity contribution in [2.75, 3.05) is 55.6 Å². The number of halogens is 1. The van der Waals surface area contributed by atoms with E-state index in [1.807, 2.05) is 18.2 Å². The summed E-state index contributed by atoms with van der Waals surface area (Å²) in [5, 5.41) is 17.7. The standard InChI is InChI=1S/C42H50ClN9O5/c1-41(2)39(42(3,4)40(41)57-30-8-5-27(22-44)31(43)21-30)49-36(54)28-6-11-34(46-23-28)52-15-13-26(14-16-52)25-50-17-19-51(20-18-50)29-7-9-32(45-24-29)37(55)47-33-10-12-35(53)48-38(33)56/h5-9,11,21,23-24,26,33,39-40H,10,12-20,25H2,1-4H3,(H,47,55)(H,49,54)(H,48,53,56)/t33?,39-,40-. The normalized spacial score (nSPS) is 23.5. The monoisotopic (exact) mass is 795 g/mol. The number of nitrogens with zero attached hydrogens (tertiary/aromatic N) is 6. The third kappa shape index (κ3) is 8.55. The lowest BCUT2D eigenvalue weighted by Crippen LogP contribution is -2.74. The van der Waals surface area contributed by atoms with E-state index in [-0.39, 0.29) is 53.3 Å². The summed E-state index contributed by atoms with van der Waals surface area (Å²) < 4.78 is 6.37. The number of amides is 4. The predicted octanol–water partition coefficient (Wildman–Crippen LogP) is 4.19. The van der Waals surface area contributed by atoms with Gasteiger partial charge in [0.25, 0.3) is 11.8 Å². The summed E-state index contributed by atoms with van der Waals surface area (Å²) in [7, 11) is 0. The zero-order valence-electron chi connectivity index (χ0n) is 32.9. The van der Waals surface area contributed by atoms with Crippen LogP contribution >= 0.6 is 11.6 Å². The number of anilines is 2. The van der Waals surface area contributed by atoms with E-state index in [1.54, 1.807) is 36.7 Å². The van der Waals surface area contributed by atoms with E-state index in [1.165, 1.54) is 0 Å². The average molecular weight is 796 g/mol. The number of pyridine rings is 2. The van der Waals surface area contributed by atoms with Crippen LogP contribution in [0.15, 0.2) is 54.9 Å². The minimum Gasteiger partial charge on any atom is -0.489 e. The fourth-order valence-corrected chi connectivity index (χ4v) is 9.40. The summed E-state index contributed by atoms with van der Waals surface area (Å²) in [5.41, 5.74) is 1.38. The Morgan fingerprint density at radius 1 is 0.895 bits per heavy atom. The minimum absolute atomic E-state index is 0.142. The first-order valence-corrected chi connectivity index (χ1v) is 20.1. The van der Waals surface area contributed by atoms with Gasteiger partial charge in [0.05, 0.1) is 28.0 Å². The summed E-state index contributed by atoms with van der Waals surface area (Å²) >= 11 is 6.24. The largest absolute Gasteiger partial charge is 0.489 e. The zero-order valence-corrected chi connectivity index (χ0v) is 33.6. The van der Waals surface area contributed by atoms with Crippen LogP contribution in [0.2, 0.25) is 5.02 Å². The van der Waals surface area contributed by atoms with Crippen LogP contribution in [0, 0.1) is 28.1 Å². The molecule has 14 nitrogen and oxygen atoms in total. The van der Waals surface area contributed by atoms with Crippen molar-refractivity contribution in [3.05, 3.63) is 76.7 Å². The fraction of sp³-hybridized carbons (Fsp3) is 0.500. The molecule has 1 unspecified atom stereocenters. The maximum absolute atomic E-state index is 13.4. The van der Waals surface area contributed by atoms with Gasteiger partial charge in [-0.25, -0.2) is 9.97 Å². The lowest BCUT2D eigenvalue weighted by Gasteiger charge is -2.63. The Labute approximate surface area is 338 Å². The molecule has 1 aliphatic carbocycles. The number of aromatic nitrogens is 2. The molecule has 4 amide bonds. The van der Waals surface area contributed by atoms with Crippen LogP contribution in [0.1, 0.15) is 79.8 Å². The van der Waals surface area contributed by atoms with Crippen LogP contribution in [0.3, 0.4) is 0 Å². The molecular weight excluding hydrogens is 746 g/mol. The molecule has 300 valence electrons. The highest BCUT2D eigenvalue weighted by Crippen LogP contribution is 2.55. The van der Waals surface area contributed by atoms with Crippen LogP contribution in [-0.2, 0) is 9.59 Å². The number of piperidine rings is 2. The van der Waals surface area contributed by atoms with Crippen LogP contribution in [0.25, 0.3) is 0 Å². The SMILES string of the molecule is CC1(C)[C@H](NC(=O)c2ccc(N3CCC(CN4CCN(c5ccc(C(=O)NC6CCC(=O)NC6=O)nc5)CC4)CC3)nc2)C(C)(C)[C@H]1Oc1ccc(C#N)c(Cl)c1. The lowest BCUT2D eigenvalue weighted by atomic mass is 9.49. The number of imide groups is 1. The number of hydrogen-bond acceptors (Lipinski definition) is 11. The van der Waals surface area contributed by atoms with Crippen LogP contribution < -0.4 is 30.5 Å². The summed E-state index contributed by atoms with van der Waals surface area (Å²) in [4.78, 5) is 65.6. The zero-order chi connectivity index (χ0) is 40.5. The maximum Gasteiger partial charge on any atom is 0.270 e. The van der Waals surface area contributed by atoms with Crippen molar-refractivity contribution in [1.29, 1.82) is 5.26 Å².